The summed E-state index contributed by atoms with van der Waals surface area (Å²) >= 11 is 0. The van der Waals surface area contributed by atoms with Gasteiger partial charge in [-0.25, -0.2) is 0 Å². The van der Waals surface area contributed by atoms with Crippen LogP contribution in [-0.4, -0.2) is 0 Å². The Labute approximate surface area is 168 Å². The zero-order valence-electron chi connectivity index (χ0n) is 17.4. The van der Waals surface area contributed by atoms with Gasteiger partial charge in [-0.2, -0.15) is 0 Å². The van der Waals surface area contributed by atoms with Crippen LogP contribution in [-0.2, 0) is 6.42 Å². The van der Waals surface area contributed by atoms with Gasteiger partial charge >= 0.3 is 0 Å². The van der Waals surface area contributed by atoms with E-state index >= 15 is 0 Å². The van der Waals surface area contributed by atoms with E-state index in [1.807, 2.05) is 6.07 Å². The zero-order chi connectivity index (χ0) is 19.7. The van der Waals surface area contributed by atoms with Gasteiger partial charge in [-0.05, 0) is 80.1 Å². The lowest BCUT2D eigenvalue weighted by Gasteiger charge is -2.35. The van der Waals surface area contributed by atoms with Crippen molar-refractivity contribution in [1.29, 1.82) is 0 Å². The van der Waals surface area contributed by atoms with E-state index in [9.17, 15) is 0 Å². The van der Waals surface area contributed by atoms with Crippen molar-refractivity contribution in [2.75, 3.05) is 4.90 Å². The van der Waals surface area contributed by atoms with Gasteiger partial charge in [0.05, 0.1) is 17.1 Å². The molecule has 1 aliphatic rings. The topological polar surface area (TPSA) is 12.5 Å². The number of anilines is 3. The predicted octanol–water partition coefficient (Wildman–Crippen LogP) is 7.92. The molecule has 0 aliphatic carbocycles. The molecule has 0 saturated heterocycles. The van der Waals surface area contributed by atoms with Gasteiger partial charge in [0.25, 0.3) is 0 Å². The second-order valence-electron chi connectivity index (χ2n) is 7.91. The standard InChI is InChI=1S/C26H29NO/c1-5-6-7-10-21-16-19(3)26(20(4)17-21)27-22-11-8-9-12-24(22)28-25-15-18(2)13-14-23(25)27/h8-9,11-17H,5-7,10H2,1-4H3. The Hall–Kier alpha value is -2.74. The normalized spacial score (nSPS) is 12.4. The van der Waals surface area contributed by atoms with Crippen LogP contribution in [0.25, 0.3) is 0 Å². The van der Waals surface area contributed by atoms with Crippen LogP contribution in [0.15, 0.2) is 54.6 Å². The molecule has 0 unspecified atom stereocenters. The molecule has 0 amide bonds. The highest BCUT2D eigenvalue weighted by Crippen LogP contribution is 2.51. The van der Waals surface area contributed by atoms with E-state index in [0.717, 1.165) is 29.3 Å². The number of para-hydroxylation sites is 2. The molecule has 28 heavy (non-hydrogen) atoms. The Kier molecular flexibility index (Phi) is 5.13. The number of fused-ring (bicyclic) bond motifs is 2. The Morgan fingerprint density at radius 3 is 2.25 bits per heavy atom. The van der Waals surface area contributed by atoms with E-state index in [2.05, 4.69) is 81.1 Å². The number of hydrogen-bond acceptors (Lipinski definition) is 2. The maximum Gasteiger partial charge on any atom is 0.151 e. The van der Waals surface area contributed by atoms with Gasteiger partial charge < -0.3 is 9.64 Å². The lowest BCUT2D eigenvalue weighted by atomic mass is 9.98. The maximum atomic E-state index is 6.24. The first-order valence-corrected chi connectivity index (χ1v) is 10.4. The van der Waals surface area contributed by atoms with Crippen LogP contribution in [0, 0.1) is 20.8 Å². The molecule has 0 fully saturated rings. The highest BCUT2D eigenvalue weighted by molar-refractivity contribution is 5.88. The first kappa shape index (κ1) is 18.6. The van der Waals surface area contributed by atoms with Gasteiger partial charge in [-0.1, -0.05) is 50.1 Å². The molecule has 0 radical (unpaired) electrons. The van der Waals surface area contributed by atoms with Crippen LogP contribution >= 0.6 is 0 Å². The fourth-order valence-electron chi connectivity index (χ4n) is 4.23. The average Bonchev–Trinajstić information content (AvgIpc) is 2.67. The number of unbranched alkanes of at least 4 members (excludes halogenated alkanes) is 2. The second kappa shape index (κ2) is 7.71. The van der Waals surface area contributed by atoms with Crippen LogP contribution in [0.5, 0.6) is 11.5 Å². The third kappa shape index (κ3) is 3.40. The quantitative estimate of drug-likeness (QED) is 0.330. The van der Waals surface area contributed by atoms with Crippen molar-refractivity contribution in [3.05, 3.63) is 76.9 Å². The first-order valence-electron chi connectivity index (χ1n) is 10.4. The van der Waals surface area contributed by atoms with Crippen LogP contribution < -0.4 is 9.64 Å². The summed E-state index contributed by atoms with van der Waals surface area (Å²) in [6, 6.07) is 19.5. The number of hydrogen-bond donors (Lipinski definition) is 0. The molecule has 144 valence electrons. The third-order valence-corrected chi connectivity index (χ3v) is 5.53. The van der Waals surface area contributed by atoms with Gasteiger partial charge in [-0.3, -0.25) is 0 Å². The smallest absolute Gasteiger partial charge is 0.151 e. The number of ether oxygens (including phenoxy) is 1. The Bertz CT molecular complexity index is 982. The van der Waals surface area contributed by atoms with Crippen molar-refractivity contribution in [2.45, 2.75) is 53.4 Å². The van der Waals surface area contributed by atoms with Crippen molar-refractivity contribution < 1.29 is 4.74 Å². The lowest BCUT2D eigenvalue weighted by molar-refractivity contribution is 0.476. The molecule has 1 aliphatic heterocycles. The molecule has 3 aromatic carbocycles. The molecule has 0 aromatic heterocycles. The van der Waals surface area contributed by atoms with Crippen LogP contribution in [0.1, 0.15) is 48.4 Å². The van der Waals surface area contributed by atoms with Crippen LogP contribution in [0.3, 0.4) is 0 Å². The van der Waals surface area contributed by atoms with E-state index < -0.39 is 0 Å². The molecule has 0 atom stereocenters. The number of rotatable bonds is 5. The minimum atomic E-state index is 0.909. The Balaban J connectivity index is 1.83. The molecule has 1 heterocycles. The first-order chi connectivity index (χ1) is 13.6. The molecule has 2 nitrogen and oxygen atoms in total. The van der Waals surface area contributed by atoms with Crippen molar-refractivity contribution in [2.24, 2.45) is 0 Å². The van der Waals surface area contributed by atoms with Gasteiger partial charge in [-0.15, -0.1) is 0 Å². The van der Waals surface area contributed by atoms with Crippen molar-refractivity contribution >= 4 is 17.1 Å². The molecule has 2 heteroatoms. The third-order valence-electron chi connectivity index (χ3n) is 5.53. The Morgan fingerprint density at radius 1 is 0.786 bits per heavy atom. The molecule has 0 N–H and O–H groups in total. The minimum absolute atomic E-state index is 0.909. The predicted molar refractivity (Wildman–Crippen MR) is 119 cm³/mol. The molecule has 0 spiro atoms. The summed E-state index contributed by atoms with van der Waals surface area (Å²) in [6.45, 7) is 8.83. The van der Waals surface area contributed by atoms with Crippen molar-refractivity contribution in [3.63, 3.8) is 0 Å². The van der Waals surface area contributed by atoms with Crippen molar-refractivity contribution in [1.82, 2.24) is 0 Å². The highest BCUT2D eigenvalue weighted by Gasteiger charge is 2.27. The van der Waals surface area contributed by atoms with E-state index in [4.69, 9.17) is 4.74 Å². The number of aryl methyl sites for hydroxylation is 4. The molecule has 0 bridgehead atoms. The highest BCUT2D eigenvalue weighted by atomic mass is 16.5. The molecular weight excluding hydrogens is 342 g/mol. The fourth-order valence-corrected chi connectivity index (χ4v) is 4.23. The summed E-state index contributed by atoms with van der Waals surface area (Å²) < 4.78 is 6.24. The Morgan fingerprint density at radius 2 is 1.50 bits per heavy atom. The summed E-state index contributed by atoms with van der Waals surface area (Å²) in [5.41, 5.74) is 8.75. The molecule has 4 rings (SSSR count). The van der Waals surface area contributed by atoms with Crippen LogP contribution in [0.2, 0.25) is 0 Å². The summed E-state index contributed by atoms with van der Waals surface area (Å²) in [5, 5.41) is 0. The van der Waals surface area contributed by atoms with E-state index in [0.29, 0.717) is 0 Å². The maximum absolute atomic E-state index is 6.24. The van der Waals surface area contributed by atoms with E-state index in [-0.39, 0.29) is 0 Å². The van der Waals surface area contributed by atoms with Gasteiger partial charge in [0.2, 0.25) is 0 Å². The average molecular weight is 372 g/mol. The van der Waals surface area contributed by atoms with Crippen molar-refractivity contribution in [3.8, 4) is 11.5 Å². The molecule has 3 aromatic rings. The second-order valence-corrected chi connectivity index (χ2v) is 7.91. The SMILES string of the molecule is CCCCCc1cc(C)c(N2c3ccccc3Oc3cc(C)ccc32)c(C)c1. The monoisotopic (exact) mass is 371 g/mol. The summed E-state index contributed by atoms with van der Waals surface area (Å²) in [6.07, 6.45) is 4.97. The lowest BCUT2D eigenvalue weighted by Crippen LogP contribution is -2.18. The molecule has 0 saturated carbocycles. The zero-order valence-corrected chi connectivity index (χ0v) is 17.4. The minimum Gasteiger partial charge on any atom is -0.453 e. The van der Waals surface area contributed by atoms with E-state index in [1.54, 1.807) is 0 Å². The molecular formula is C26H29NO. The van der Waals surface area contributed by atoms with Gasteiger partial charge in [0.1, 0.15) is 0 Å². The summed E-state index contributed by atoms with van der Waals surface area (Å²) in [7, 11) is 0. The largest absolute Gasteiger partial charge is 0.453 e. The van der Waals surface area contributed by atoms with Gasteiger partial charge in [0.15, 0.2) is 11.5 Å². The van der Waals surface area contributed by atoms with Crippen LogP contribution in [0.4, 0.5) is 17.1 Å². The van der Waals surface area contributed by atoms with E-state index in [1.165, 1.54) is 47.2 Å². The van der Waals surface area contributed by atoms with Gasteiger partial charge in [0, 0.05) is 0 Å². The number of benzene rings is 3. The number of nitrogens with zero attached hydrogens (tertiary/aromatic N) is 1. The fraction of sp³-hybridized carbons (Fsp3) is 0.308. The summed E-state index contributed by atoms with van der Waals surface area (Å²) in [5.74, 6) is 1.83. The summed E-state index contributed by atoms with van der Waals surface area (Å²) in [4.78, 5) is 2.37.